The summed E-state index contributed by atoms with van der Waals surface area (Å²) in [6, 6.07) is 14.6. The molecule has 7 heteroatoms. The Morgan fingerprint density at radius 2 is 1.70 bits per heavy atom. The molecular weight excluding hydrogens is 448 g/mol. The highest BCUT2D eigenvalue weighted by Crippen LogP contribution is 2.37. The van der Waals surface area contributed by atoms with Crippen LogP contribution in [0.1, 0.15) is 24.2 Å². The molecule has 2 amide bonds. The lowest BCUT2D eigenvalue weighted by molar-refractivity contribution is -0.118. The van der Waals surface area contributed by atoms with Gasteiger partial charge >= 0.3 is 0 Å². The van der Waals surface area contributed by atoms with Gasteiger partial charge in [0.25, 0.3) is 5.91 Å². The van der Waals surface area contributed by atoms with Crippen molar-refractivity contribution in [3.8, 4) is 11.5 Å². The summed E-state index contributed by atoms with van der Waals surface area (Å²) in [5.41, 5.74) is 1.48. The van der Waals surface area contributed by atoms with E-state index in [4.69, 9.17) is 9.47 Å². The Morgan fingerprint density at radius 3 is 2.37 bits per heavy atom. The number of fused-ring (bicyclic) bond motifs is 1. The second kappa shape index (κ2) is 9.17. The van der Waals surface area contributed by atoms with Crippen molar-refractivity contribution in [3.05, 3.63) is 58.6 Å². The fraction of sp³-hybridized carbons (Fsp3) is 0.217. The molecule has 0 unspecified atom stereocenters. The fourth-order valence-electron chi connectivity index (χ4n) is 3.00. The molecular formula is C23H23BrN2O4. The topological polar surface area (TPSA) is 76.7 Å². The first kappa shape index (κ1) is 21.6. The van der Waals surface area contributed by atoms with Gasteiger partial charge in [-0.3, -0.25) is 9.59 Å². The zero-order valence-electron chi connectivity index (χ0n) is 17.2. The highest BCUT2D eigenvalue weighted by molar-refractivity contribution is 9.10. The van der Waals surface area contributed by atoms with E-state index in [2.05, 4.69) is 26.6 Å². The molecule has 6 nitrogen and oxygen atoms in total. The minimum Gasteiger partial charge on any atom is -0.495 e. The van der Waals surface area contributed by atoms with Crippen LogP contribution in [0.3, 0.4) is 0 Å². The second-order valence-electron chi connectivity index (χ2n) is 7.01. The van der Waals surface area contributed by atoms with Crippen molar-refractivity contribution >= 4 is 49.9 Å². The van der Waals surface area contributed by atoms with Gasteiger partial charge < -0.3 is 20.1 Å². The van der Waals surface area contributed by atoms with Crippen molar-refractivity contribution in [1.29, 1.82) is 0 Å². The standard InChI is InChI=1S/C23H23BrN2O4/c1-13(2)22(27)26-18-10-9-15(12-19(18)29-3)25-23(28)17-11-14-7-5-6-8-16(14)20(24)21(17)30-4/h5-13H,1-4H3,(H,25,28)(H,26,27). The van der Waals surface area contributed by atoms with Crippen LogP contribution < -0.4 is 20.1 Å². The van der Waals surface area contributed by atoms with E-state index >= 15 is 0 Å². The largest absolute Gasteiger partial charge is 0.495 e. The number of carbonyl (C=O) groups is 2. The summed E-state index contributed by atoms with van der Waals surface area (Å²) in [4.78, 5) is 25.0. The number of hydrogen-bond donors (Lipinski definition) is 2. The lowest BCUT2D eigenvalue weighted by Crippen LogP contribution is -2.18. The quantitative estimate of drug-likeness (QED) is 0.500. The summed E-state index contributed by atoms with van der Waals surface area (Å²) >= 11 is 3.55. The Morgan fingerprint density at radius 1 is 0.967 bits per heavy atom. The molecule has 0 radical (unpaired) electrons. The number of amides is 2. The molecule has 3 aromatic carbocycles. The van der Waals surface area contributed by atoms with Gasteiger partial charge in [-0.05, 0) is 44.9 Å². The zero-order valence-corrected chi connectivity index (χ0v) is 18.8. The molecule has 0 saturated heterocycles. The number of anilines is 2. The van der Waals surface area contributed by atoms with Gasteiger partial charge in [-0.1, -0.05) is 38.1 Å². The van der Waals surface area contributed by atoms with E-state index in [1.165, 1.54) is 14.2 Å². The van der Waals surface area contributed by atoms with E-state index in [9.17, 15) is 9.59 Å². The van der Waals surface area contributed by atoms with Gasteiger partial charge in [0.15, 0.2) is 0 Å². The van der Waals surface area contributed by atoms with Crippen LogP contribution in [0.15, 0.2) is 53.0 Å². The Labute approximate surface area is 183 Å². The number of methoxy groups -OCH3 is 2. The van der Waals surface area contributed by atoms with Gasteiger partial charge in [-0.25, -0.2) is 0 Å². The molecule has 0 aromatic heterocycles. The highest BCUT2D eigenvalue weighted by Gasteiger charge is 2.19. The fourth-order valence-corrected chi connectivity index (χ4v) is 3.74. The van der Waals surface area contributed by atoms with Crippen LogP contribution in [-0.2, 0) is 4.79 Å². The zero-order chi connectivity index (χ0) is 21.8. The van der Waals surface area contributed by atoms with Gasteiger partial charge in [-0.2, -0.15) is 0 Å². The van der Waals surface area contributed by atoms with Crippen LogP contribution in [0, 0.1) is 5.92 Å². The minimum absolute atomic E-state index is 0.115. The van der Waals surface area contributed by atoms with E-state index in [0.29, 0.717) is 28.4 Å². The molecule has 0 aliphatic heterocycles. The molecule has 156 valence electrons. The number of rotatable bonds is 6. The van der Waals surface area contributed by atoms with Crippen LogP contribution in [0.2, 0.25) is 0 Å². The predicted molar refractivity (Wildman–Crippen MR) is 123 cm³/mol. The van der Waals surface area contributed by atoms with Crippen LogP contribution in [0.5, 0.6) is 11.5 Å². The van der Waals surface area contributed by atoms with E-state index in [0.717, 1.165) is 15.2 Å². The van der Waals surface area contributed by atoms with Crippen molar-refractivity contribution in [2.75, 3.05) is 24.9 Å². The third kappa shape index (κ3) is 4.41. The average Bonchev–Trinajstić information content (AvgIpc) is 2.74. The van der Waals surface area contributed by atoms with Crippen LogP contribution in [-0.4, -0.2) is 26.0 Å². The summed E-state index contributed by atoms with van der Waals surface area (Å²) in [7, 11) is 3.04. The molecule has 0 fully saturated rings. The molecule has 0 bridgehead atoms. The smallest absolute Gasteiger partial charge is 0.259 e. The third-order valence-electron chi connectivity index (χ3n) is 4.63. The first-order valence-electron chi connectivity index (χ1n) is 9.41. The number of nitrogens with one attached hydrogen (secondary N) is 2. The molecule has 3 rings (SSSR count). The van der Waals surface area contributed by atoms with Crippen LogP contribution in [0.25, 0.3) is 10.8 Å². The molecule has 0 aliphatic rings. The highest BCUT2D eigenvalue weighted by atomic mass is 79.9. The maximum Gasteiger partial charge on any atom is 0.259 e. The first-order chi connectivity index (χ1) is 14.3. The summed E-state index contributed by atoms with van der Waals surface area (Å²) in [6.45, 7) is 3.62. The average molecular weight is 471 g/mol. The number of carbonyl (C=O) groups excluding carboxylic acids is 2. The van der Waals surface area contributed by atoms with Crippen LogP contribution in [0.4, 0.5) is 11.4 Å². The van der Waals surface area contributed by atoms with Crippen LogP contribution >= 0.6 is 15.9 Å². The first-order valence-corrected chi connectivity index (χ1v) is 10.2. The number of benzene rings is 3. The molecule has 0 aliphatic carbocycles. The van der Waals surface area contributed by atoms with Crippen molar-refractivity contribution in [3.63, 3.8) is 0 Å². The van der Waals surface area contributed by atoms with Crippen molar-refractivity contribution in [1.82, 2.24) is 0 Å². The van der Waals surface area contributed by atoms with Gasteiger partial charge in [0.2, 0.25) is 5.91 Å². The summed E-state index contributed by atoms with van der Waals surface area (Å²) < 4.78 is 11.6. The maximum absolute atomic E-state index is 13.0. The molecule has 0 spiro atoms. The predicted octanol–water partition coefficient (Wildman–Crippen LogP) is 5.47. The normalized spacial score (nSPS) is 10.7. The van der Waals surface area contributed by atoms with E-state index in [-0.39, 0.29) is 17.7 Å². The summed E-state index contributed by atoms with van der Waals surface area (Å²) in [6.07, 6.45) is 0. The Hall–Kier alpha value is -3.06. The molecule has 0 atom stereocenters. The second-order valence-corrected chi connectivity index (χ2v) is 7.80. The lowest BCUT2D eigenvalue weighted by atomic mass is 10.0. The van der Waals surface area contributed by atoms with Crippen molar-refractivity contribution < 1.29 is 19.1 Å². The minimum atomic E-state index is -0.320. The van der Waals surface area contributed by atoms with Crippen molar-refractivity contribution in [2.24, 2.45) is 5.92 Å². The number of ether oxygens (including phenoxy) is 2. The molecule has 3 aromatic rings. The van der Waals surface area contributed by atoms with Gasteiger partial charge in [0.1, 0.15) is 11.5 Å². The van der Waals surface area contributed by atoms with Gasteiger partial charge in [0, 0.05) is 17.7 Å². The van der Waals surface area contributed by atoms with E-state index in [1.54, 1.807) is 24.3 Å². The monoisotopic (exact) mass is 470 g/mol. The van der Waals surface area contributed by atoms with Gasteiger partial charge in [-0.15, -0.1) is 0 Å². The van der Waals surface area contributed by atoms with Crippen molar-refractivity contribution in [2.45, 2.75) is 13.8 Å². The van der Waals surface area contributed by atoms with Gasteiger partial charge in [0.05, 0.1) is 29.9 Å². The number of hydrogen-bond acceptors (Lipinski definition) is 4. The summed E-state index contributed by atoms with van der Waals surface area (Å²) in [5, 5.41) is 7.56. The molecule has 30 heavy (non-hydrogen) atoms. The SMILES string of the molecule is COc1cc(NC(=O)c2cc3ccccc3c(Br)c2OC)ccc1NC(=O)C(C)C. The lowest BCUT2D eigenvalue weighted by Gasteiger charge is -2.15. The van der Waals surface area contributed by atoms with E-state index < -0.39 is 0 Å². The Kier molecular flexibility index (Phi) is 6.62. The number of halogens is 1. The molecule has 2 N–H and O–H groups in total. The summed E-state index contributed by atoms with van der Waals surface area (Å²) in [5.74, 6) is 0.315. The van der Waals surface area contributed by atoms with E-state index in [1.807, 2.05) is 38.1 Å². The Balaban J connectivity index is 1.91. The molecule has 0 saturated carbocycles. The maximum atomic E-state index is 13.0. The Bertz CT molecular complexity index is 1110. The third-order valence-corrected chi connectivity index (χ3v) is 5.42. The molecule has 0 heterocycles.